The molecule has 3 aliphatic heterocycles. The molecule has 33 heavy (non-hydrogen) atoms. The number of aromatic nitrogens is 2. The van der Waals surface area contributed by atoms with E-state index in [1.807, 2.05) is 11.0 Å². The van der Waals surface area contributed by atoms with Crippen LogP contribution >= 0.6 is 0 Å². The molecular weight excluding hydrogens is 434 g/mol. The predicted octanol–water partition coefficient (Wildman–Crippen LogP) is 0.147. The monoisotopic (exact) mass is 459 g/mol. The zero-order chi connectivity index (χ0) is 23.3. The van der Waals surface area contributed by atoms with Crippen LogP contribution < -0.4 is 25.8 Å². The van der Waals surface area contributed by atoms with Gasteiger partial charge in [-0.15, -0.1) is 0 Å². The van der Waals surface area contributed by atoms with Gasteiger partial charge in [0.25, 0.3) is 11.2 Å². The van der Waals surface area contributed by atoms with Crippen LogP contribution in [0.15, 0.2) is 21.7 Å². The molecule has 2 saturated heterocycles. The molecule has 0 saturated carbocycles. The third-order valence-electron chi connectivity index (χ3n) is 6.44. The smallest absolute Gasteiger partial charge is 0.333 e. The van der Waals surface area contributed by atoms with Gasteiger partial charge in [0.15, 0.2) is 6.10 Å². The van der Waals surface area contributed by atoms with E-state index in [4.69, 9.17) is 14.2 Å². The molecule has 1 atom stereocenters. The van der Waals surface area contributed by atoms with Gasteiger partial charge in [0.1, 0.15) is 11.3 Å². The third kappa shape index (κ3) is 3.45. The van der Waals surface area contributed by atoms with Crippen LogP contribution in [0, 0.1) is 10.1 Å². The highest BCUT2D eigenvalue weighted by molar-refractivity contribution is 5.75. The van der Waals surface area contributed by atoms with E-state index in [1.165, 1.54) is 24.7 Å². The average Bonchev–Trinajstić information content (AvgIpc) is 2.82. The number of hydrogen-bond donors (Lipinski definition) is 0. The summed E-state index contributed by atoms with van der Waals surface area (Å²) in [5.41, 5.74) is 1.13. The van der Waals surface area contributed by atoms with E-state index < -0.39 is 22.3 Å². The maximum atomic E-state index is 12.9. The third-order valence-corrected chi connectivity index (χ3v) is 6.44. The molecule has 0 aliphatic carbocycles. The highest BCUT2D eigenvalue weighted by atomic mass is 16.6. The van der Waals surface area contributed by atoms with Crippen molar-refractivity contribution in [3.63, 3.8) is 0 Å². The molecule has 0 N–H and O–H groups in total. The molecule has 0 spiro atoms. The molecule has 4 heterocycles. The molecule has 176 valence electrons. The molecule has 12 nitrogen and oxygen atoms in total. The minimum Gasteiger partial charge on any atom is -0.465 e. The first-order valence-electron chi connectivity index (χ1n) is 10.8. The molecule has 2 fully saturated rings. The number of hydrogen-bond acceptors (Lipinski definition) is 9. The van der Waals surface area contributed by atoms with Crippen LogP contribution in [0.1, 0.15) is 17.2 Å². The second kappa shape index (κ2) is 8.19. The Kier molecular flexibility index (Phi) is 5.33. The van der Waals surface area contributed by atoms with Crippen molar-refractivity contribution in [2.45, 2.75) is 6.10 Å². The van der Waals surface area contributed by atoms with Crippen LogP contribution in [0.25, 0.3) is 0 Å². The van der Waals surface area contributed by atoms with Gasteiger partial charge in [-0.2, -0.15) is 0 Å². The van der Waals surface area contributed by atoms with Crippen molar-refractivity contribution < 1.29 is 19.1 Å². The first-order valence-corrected chi connectivity index (χ1v) is 10.8. The summed E-state index contributed by atoms with van der Waals surface area (Å²) < 4.78 is 19.1. The van der Waals surface area contributed by atoms with E-state index in [9.17, 15) is 19.7 Å². The number of anilines is 2. The van der Waals surface area contributed by atoms with E-state index in [1.54, 1.807) is 0 Å². The van der Waals surface area contributed by atoms with Crippen molar-refractivity contribution >= 4 is 17.1 Å². The zero-order valence-corrected chi connectivity index (χ0v) is 18.5. The second-order valence-electron chi connectivity index (χ2n) is 8.28. The lowest BCUT2D eigenvalue weighted by atomic mass is 9.95. The molecule has 12 heteroatoms. The summed E-state index contributed by atoms with van der Waals surface area (Å²) in [5, 5.41) is 12.1. The standard InChI is InChI=1S/C21H25N5O7/c1-22-19(27)17-18(33-20(17)23(2)21(22)28)13-11-16(26(29)30)15(25-5-9-32-10-6-25)12-14(13)24-3-7-31-8-4-24/h11-12,18H,3-10H2,1-2H3. The van der Waals surface area contributed by atoms with Crippen LogP contribution in [0.4, 0.5) is 17.1 Å². The number of benzene rings is 1. The van der Waals surface area contributed by atoms with Gasteiger partial charge in [-0.3, -0.25) is 24.0 Å². The predicted molar refractivity (Wildman–Crippen MR) is 119 cm³/mol. The number of rotatable bonds is 4. The first-order chi connectivity index (χ1) is 15.9. The lowest BCUT2D eigenvalue weighted by Gasteiger charge is -2.37. The number of ether oxygens (including phenoxy) is 3. The Morgan fingerprint density at radius 3 is 2.06 bits per heavy atom. The zero-order valence-electron chi connectivity index (χ0n) is 18.5. The van der Waals surface area contributed by atoms with Crippen LogP contribution in [0.2, 0.25) is 0 Å². The molecule has 1 aromatic heterocycles. The Morgan fingerprint density at radius 2 is 1.48 bits per heavy atom. The van der Waals surface area contributed by atoms with Crippen LogP contribution in [0.5, 0.6) is 5.88 Å². The highest BCUT2D eigenvalue weighted by Gasteiger charge is 2.41. The topological polar surface area (TPSA) is 121 Å². The molecule has 0 radical (unpaired) electrons. The van der Waals surface area contributed by atoms with Crippen molar-refractivity contribution in [3.8, 4) is 5.88 Å². The number of nitro benzene ring substituents is 1. The number of morpholine rings is 2. The summed E-state index contributed by atoms with van der Waals surface area (Å²) in [6, 6.07) is 3.33. The van der Waals surface area contributed by atoms with Crippen molar-refractivity contribution in [2.24, 2.45) is 14.1 Å². The Balaban J connectivity index is 1.68. The summed E-state index contributed by atoms with van der Waals surface area (Å²) in [6.07, 6.45) is -0.805. The minimum absolute atomic E-state index is 0.0531. The maximum absolute atomic E-state index is 12.9. The van der Waals surface area contributed by atoms with Crippen molar-refractivity contribution in [1.82, 2.24) is 9.13 Å². The summed E-state index contributed by atoms with van der Waals surface area (Å²) in [5.74, 6) is 0.195. The Morgan fingerprint density at radius 1 is 0.909 bits per heavy atom. The van der Waals surface area contributed by atoms with Crippen LogP contribution in [-0.2, 0) is 23.6 Å². The highest BCUT2D eigenvalue weighted by Crippen LogP contribution is 2.47. The molecule has 0 bridgehead atoms. The number of nitro groups is 1. The summed E-state index contributed by atoms with van der Waals surface area (Å²) in [7, 11) is 2.94. The van der Waals surface area contributed by atoms with Crippen LogP contribution in [-0.4, -0.2) is 66.7 Å². The average molecular weight is 459 g/mol. The number of fused-ring (bicyclic) bond motifs is 1. The van der Waals surface area contributed by atoms with Gasteiger partial charge in [0.05, 0.1) is 31.4 Å². The van der Waals surface area contributed by atoms with Crippen molar-refractivity contribution in [1.29, 1.82) is 0 Å². The fourth-order valence-electron chi connectivity index (χ4n) is 4.62. The Bertz CT molecular complexity index is 1220. The van der Waals surface area contributed by atoms with Crippen LogP contribution in [0.3, 0.4) is 0 Å². The molecule has 1 unspecified atom stereocenters. The lowest BCUT2D eigenvalue weighted by Crippen LogP contribution is -2.46. The lowest BCUT2D eigenvalue weighted by molar-refractivity contribution is -0.384. The molecule has 3 aliphatic rings. The molecule has 1 aromatic carbocycles. The van der Waals surface area contributed by atoms with E-state index in [0.29, 0.717) is 69.4 Å². The van der Waals surface area contributed by atoms with E-state index in [0.717, 1.165) is 10.3 Å². The van der Waals surface area contributed by atoms with Gasteiger partial charge >= 0.3 is 5.69 Å². The second-order valence-corrected chi connectivity index (χ2v) is 8.28. The van der Waals surface area contributed by atoms with Gasteiger partial charge in [0, 0.05) is 57.6 Å². The molecule has 2 aromatic rings. The fraction of sp³-hybridized carbons (Fsp3) is 0.524. The largest absolute Gasteiger partial charge is 0.465 e. The van der Waals surface area contributed by atoms with E-state index in [-0.39, 0.29) is 11.6 Å². The SMILES string of the molecule is Cn1c2c(c(=O)n(C)c1=O)C(c1cc([N+](=O)[O-])c(N3CCOCC3)cc1N1CCOCC1)O2. The van der Waals surface area contributed by atoms with Gasteiger partial charge < -0.3 is 24.0 Å². The minimum atomic E-state index is -0.805. The van der Waals surface area contributed by atoms with Gasteiger partial charge in [0.2, 0.25) is 5.88 Å². The van der Waals surface area contributed by atoms with Gasteiger partial charge in [-0.1, -0.05) is 0 Å². The molecule has 5 rings (SSSR count). The fourth-order valence-corrected chi connectivity index (χ4v) is 4.62. The maximum Gasteiger partial charge on any atom is 0.333 e. The van der Waals surface area contributed by atoms with Crippen molar-refractivity contribution in [3.05, 3.63) is 54.2 Å². The van der Waals surface area contributed by atoms with E-state index in [2.05, 4.69) is 4.90 Å². The van der Waals surface area contributed by atoms with E-state index >= 15 is 0 Å². The normalized spacial score (nSPS) is 20.1. The molecular formula is C21H25N5O7. The summed E-state index contributed by atoms with van der Waals surface area (Å²) in [6.45, 7) is 4.37. The quantitative estimate of drug-likeness (QED) is 0.464. The Hall–Kier alpha value is -3.38. The molecule has 0 amide bonds. The first kappa shape index (κ1) is 21.5. The van der Waals surface area contributed by atoms with Gasteiger partial charge in [-0.05, 0) is 6.07 Å². The van der Waals surface area contributed by atoms with Gasteiger partial charge in [-0.25, -0.2) is 4.79 Å². The summed E-state index contributed by atoms with van der Waals surface area (Å²) >= 11 is 0. The summed E-state index contributed by atoms with van der Waals surface area (Å²) in [4.78, 5) is 40.8. The van der Waals surface area contributed by atoms with Crippen molar-refractivity contribution in [2.75, 3.05) is 62.4 Å². The Labute approximate surface area is 188 Å². The number of nitrogens with zero attached hydrogens (tertiary/aromatic N) is 5.